The van der Waals surface area contributed by atoms with Crippen LogP contribution in [0.15, 0.2) is 36.0 Å². The fraction of sp³-hybridized carbons (Fsp3) is 0.500. The number of hydrogen-bond donors (Lipinski definition) is 0. The lowest BCUT2D eigenvalue weighted by molar-refractivity contribution is 0.0454. The predicted octanol–water partition coefficient (Wildman–Crippen LogP) is 3.29. The maximum Gasteiger partial charge on any atom is 0.218 e. The molecule has 0 amide bonds. The summed E-state index contributed by atoms with van der Waals surface area (Å²) in [6, 6.07) is -0.203. The van der Waals surface area contributed by atoms with Gasteiger partial charge in [-0.2, -0.15) is 0 Å². The van der Waals surface area contributed by atoms with E-state index in [4.69, 9.17) is 4.74 Å². The Balaban J connectivity index is 1.62. The van der Waals surface area contributed by atoms with Gasteiger partial charge in [0.25, 0.3) is 0 Å². The van der Waals surface area contributed by atoms with Crippen LogP contribution in [0.25, 0.3) is 0 Å². The van der Waals surface area contributed by atoms with Gasteiger partial charge in [0.2, 0.25) is 11.6 Å². The number of allylic oxidation sites excluding steroid dienone is 6. The summed E-state index contributed by atoms with van der Waals surface area (Å²) < 4.78 is 21.4. The summed E-state index contributed by atoms with van der Waals surface area (Å²) in [7, 11) is 0. The Morgan fingerprint density at radius 2 is 2.29 bits per heavy atom. The standard InChI is InChI=1S/C18H20FN3O2/c19-14-10-15(12-6-3-1-2-4-7-12)22-18(14)20-17(21-22)16(23)13-8-5-9-24-11-13/h1,3-4,6-7,13-15H,2,5,8-11H2/t13?,14-,15-/m0/s1. The third-order valence-electron chi connectivity index (χ3n) is 4.81. The molecule has 1 aromatic heterocycles. The monoisotopic (exact) mass is 329 g/mol. The lowest BCUT2D eigenvalue weighted by Gasteiger charge is -2.19. The maximum absolute atomic E-state index is 14.4. The van der Waals surface area contributed by atoms with E-state index in [1.165, 1.54) is 0 Å². The number of aromatic nitrogens is 3. The van der Waals surface area contributed by atoms with Crippen molar-refractivity contribution in [3.8, 4) is 0 Å². The highest BCUT2D eigenvalue weighted by molar-refractivity contribution is 5.94. The quantitative estimate of drug-likeness (QED) is 0.799. The van der Waals surface area contributed by atoms with E-state index in [1.807, 2.05) is 30.4 Å². The van der Waals surface area contributed by atoms with E-state index in [0.717, 1.165) is 24.8 Å². The van der Waals surface area contributed by atoms with Gasteiger partial charge in [-0.3, -0.25) is 4.79 Å². The zero-order chi connectivity index (χ0) is 16.5. The molecule has 0 bridgehead atoms. The van der Waals surface area contributed by atoms with Crippen LogP contribution in [0.3, 0.4) is 0 Å². The summed E-state index contributed by atoms with van der Waals surface area (Å²) in [5.74, 6) is 0.0512. The van der Waals surface area contributed by atoms with Crippen molar-refractivity contribution in [3.05, 3.63) is 47.6 Å². The molecule has 1 fully saturated rings. The number of carbonyl (C=O) groups excluding carboxylic acids is 1. The van der Waals surface area contributed by atoms with Crippen LogP contribution in [0, 0.1) is 5.92 Å². The highest BCUT2D eigenvalue weighted by Gasteiger charge is 2.37. The van der Waals surface area contributed by atoms with Crippen molar-refractivity contribution in [1.29, 1.82) is 0 Å². The van der Waals surface area contributed by atoms with Gasteiger partial charge in [0, 0.05) is 18.9 Å². The van der Waals surface area contributed by atoms with Gasteiger partial charge in [0.1, 0.15) is 0 Å². The first kappa shape index (κ1) is 15.4. The van der Waals surface area contributed by atoms with Gasteiger partial charge in [-0.1, -0.05) is 30.4 Å². The number of carbonyl (C=O) groups is 1. The molecular formula is C18H20FN3O2. The van der Waals surface area contributed by atoms with Gasteiger partial charge >= 0.3 is 0 Å². The Morgan fingerprint density at radius 1 is 1.38 bits per heavy atom. The number of Topliss-reactive ketones (excluding diaryl/α,β-unsaturated/α-hetero) is 1. The molecule has 4 rings (SSSR count). The number of fused-ring (bicyclic) bond motifs is 1. The highest BCUT2D eigenvalue weighted by atomic mass is 19.1. The summed E-state index contributed by atoms with van der Waals surface area (Å²) in [6.45, 7) is 1.10. The number of ketones is 1. The minimum atomic E-state index is -1.19. The molecule has 1 unspecified atom stereocenters. The largest absolute Gasteiger partial charge is 0.381 e. The van der Waals surface area contributed by atoms with Gasteiger partial charge < -0.3 is 4.74 Å². The van der Waals surface area contributed by atoms with Crippen molar-refractivity contribution < 1.29 is 13.9 Å². The van der Waals surface area contributed by atoms with E-state index in [2.05, 4.69) is 10.1 Å². The van der Waals surface area contributed by atoms with E-state index in [9.17, 15) is 9.18 Å². The topological polar surface area (TPSA) is 57.0 Å². The predicted molar refractivity (Wildman–Crippen MR) is 86.4 cm³/mol. The number of nitrogens with zero attached hydrogens (tertiary/aromatic N) is 3. The van der Waals surface area contributed by atoms with Crippen LogP contribution < -0.4 is 0 Å². The Kier molecular flexibility index (Phi) is 4.14. The van der Waals surface area contributed by atoms with Gasteiger partial charge in [0.05, 0.1) is 12.6 Å². The molecule has 3 atom stereocenters. The second-order valence-electron chi connectivity index (χ2n) is 6.47. The van der Waals surface area contributed by atoms with Crippen LogP contribution in [0.5, 0.6) is 0 Å². The number of rotatable bonds is 3. The Bertz CT molecular complexity index is 729. The molecule has 0 spiro atoms. The van der Waals surface area contributed by atoms with Crippen molar-refractivity contribution in [2.75, 3.05) is 13.2 Å². The molecule has 3 aliphatic rings. The fourth-order valence-corrected chi connectivity index (χ4v) is 3.51. The van der Waals surface area contributed by atoms with E-state index >= 15 is 0 Å². The Labute approximate surface area is 139 Å². The fourth-order valence-electron chi connectivity index (χ4n) is 3.51. The van der Waals surface area contributed by atoms with Crippen LogP contribution in [0.4, 0.5) is 4.39 Å². The second-order valence-corrected chi connectivity index (χ2v) is 6.47. The van der Waals surface area contributed by atoms with Crippen molar-refractivity contribution >= 4 is 5.78 Å². The molecule has 24 heavy (non-hydrogen) atoms. The smallest absolute Gasteiger partial charge is 0.218 e. The molecule has 0 aromatic carbocycles. The van der Waals surface area contributed by atoms with Gasteiger partial charge in [-0.05, 0) is 24.8 Å². The summed E-state index contributed by atoms with van der Waals surface area (Å²) in [4.78, 5) is 16.8. The summed E-state index contributed by atoms with van der Waals surface area (Å²) in [6.07, 6.45) is 11.7. The van der Waals surface area contributed by atoms with Gasteiger partial charge in [0.15, 0.2) is 12.0 Å². The van der Waals surface area contributed by atoms with Gasteiger partial charge in [-0.25, -0.2) is 14.1 Å². The SMILES string of the molecule is O=C(c1nc2n(n1)[C@H](C1=CC=CCC=C1)C[C@@H]2F)C1CCCOC1. The summed E-state index contributed by atoms with van der Waals surface area (Å²) in [5.41, 5.74) is 0.995. The average molecular weight is 329 g/mol. The normalized spacial score (nSPS) is 29.2. The molecule has 1 saturated heterocycles. The number of alkyl halides is 1. The number of halogens is 1. The first-order valence-corrected chi connectivity index (χ1v) is 8.50. The van der Waals surface area contributed by atoms with E-state index in [-0.39, 0.29) is 29.4 Å². The van der Waals surface area contributed by atoms with Crippen LogP contribution in [-0.4, -0.2) is 33.8 Å². The second kappa shape index (κ2) is 6.43. The molecule has 1 aromatic rings. The molecule has 3 heterocycles. The van der Waals surface area contributed by atoms with Crippen LogP contribution in [-0.2, 0) is 4.74 Å². The molecule has 0 saturated carbocycles. The van der Waals surface area contributed by atoms with Crippen LogP contribution in [0.2, 0.25) is 0 Å². The van der Waals surface area contributed by atoms with Gasteiger partial charge in [-0.15, -0.1) is 5.10 Å². The molecule has 0 radical (unpaired) electrons. The molecule has 126 valence electrons. The minimum absolute atomic E-state index is 0.126. The zero-order valence-corrected chi connectivity index (χ0v) is 13.4. The molecule has 6 heteroatoms. The highest BCUT2D eigenvalue weighted by Crippen LogP contribution is 2.40. The molecule has 1 aliphatic carbocycles. The third kappa shape index (κ3) is 2.75. The summed E-state index contributed by atoms with van der Waals surface area (Å²) in [5, 5.41) is 4.37. The maximum atomic E-state index is 14.4. The first-order chi connectivity index (χ1) is 11.7. The van der Waals surface area contributed by atoms with Crippen LogP contribution >= 0.6 is 0 Å². The molecule has 0 N–H and O–H groups in total. The van der Waals surface area contributed by atoms with E-state index in [1.54, 1.807) is 4.68 Å². The molecule has 2 aliphatic heterocycles. The van der Waals surface area contributed by atoms with Crippen molar-refractivity contribution in [1.82, 2.24) is 14.8 Å². The van der Waals surface area contributed by atoms with Crippen molar-refractivity contribution in [3.63, 3.8) is 0 Å². The van der Waals surface area contributed by atoms with Crippen molar-refractivity contribution in [2.45, 2.75) is 37.9 Å². The minimum Gasteiger partial charge on any atom is -0.381 e. The lowest BCUT2D eigenvalue weighted by Crippen LogP contribution is -2.26. The molecule has 5 nitrogen and oxygen atoms in total. The zero-order valence-electron chi connectivity index (χ0n) is 13.4. The van der Waals surface area contributed by atoms with E-state index < -0.39 is 6.17 Å². The number of ether oxygens (including phenoxy) is 1. The van der Waals surface area contributed by atoms with E-state index in [0.29, 0.717) is 19.6 Å². The average Bonchev–Trinajstić information content (AvgIpc) is 3.05. The first-order valence-electron chi connectivity index (χ1n) is 8.50. The molecular weight excluding hydrogens is 309 g/mol. The number of hydrogen-bond acceptors (Lipinski definition) is 4. The summed E-state index contributed by atoms with van der Waals surface area (Å²) >= 11 is 0. The lowest BCUT2D eigenvalue weighted by atomic mass is 9.97. The Morgan fingerprint density at radius 3 is 3.12 bits per heavy atom. The third-order valence-corrected chi connectivity index (χ3v) is 4.81. The van der Waals surface area contributed by atoms with Crippen molar-refractivity contribution in [2.24, 2.45) is 5.92 Å². The van der Waals surface area contributed by atoms with Crippen LogP contribution in [0.1, 0.15) is 54.3 Å². The Hall–Kier alpha value is -2.08.